The third-order valence-electron chi connectivity index (χ3n) is 3.59. The minimum Gasteiger partial charge on any atom is -0.349 e. The van der Waals surface area contributed by atoms with Gasteiger partial charge in [-0.05, 0) is 42.9 Å². The number of rotatable bonds is 8. The summed E-state index contributed by atoms with van der Waals surface area (Å²) < 4.78 is 0. The molecule has 20 heavy (non-hydrogen) atoms. The SMILES string of the molecule is CCc1ccc(C(NC(=O)CCCCN)C(C)C)cc1. The fourth-order valence-corrected chi connectivity index (χ4v) is 2.27. The summed E-state index contributed by atoms with van der Waals surface area (Å²) in [6, 6.07) is 8.63. The van der Waals surface area contributed by atoms with Crippen LogP contribution in [0.5, 0.6) is 0 Å². The zero-order valence-corrected chi connectivity index (χ0v) is 13.0. The van der Waals surface area contributed by atoms with Gasteiger partial charge >= 0.3 is 0 Å². The van der Waals surface area contributed by atoms with E-state index in [2.05, 4.69) is 50.4 Å². The van der Waals surface area contributed by atoms with E-state index in [1.807, 2.05) is 0 Å². The molecule has 0 bridgehead atoms. The molecule has 1 amide bonds. The topological polar surface area (TPSA) is 55.1 Å². The number of amides is 1. The van der Waals surface area contributed by atoms with Gasteiger partial charge in [0.15, 0.2) is 0 Å². The normalized spacial score (nSPS) is 12.4. The van der Waals surface area contributed by atoms with Gasteiger partial charge in [0.1, 0.15) is 0 Å². The summed E-state index contributed by atoms with van der Waals surface area (Å²) in [5.41, 5.74) is 7.96. The number of benzene rings is 1. The summed E-state index contributed by atoms with van der Waals surface area (Å²) in [6.07, 6.45) is 3.37. The molecule has 0 saturated carbocycles. The Labute approximate surface area is 122 Å². The average molecular weight is 276 g/mol. The van der Waals surface area contributed by atoms with Gasteiger partial charge in [-0.3, -0.25) is 4.79 Å². The smallest absolute Gasteiger partial charge is 0.220 e. The lowest BCUT2D eigenvalue weighted by molar-refractivity contribution is -0.122. The molecule has 3 heteroatoms. The summed E-state index contributed by atoms with van der Waals surface area (Å²) in [4.78, 5) is 12.0. The zero-order valence-electron chi connectivity index (χ0n) is 13.0. The summed E-state index contributed by atoms with van der Waals surface area (Å²) in [7, 11) is 0. The first-order valence-corrected chi connectivity index (χ1v) is 7.66. The molecule has 1 rings (SSSR count). The molecule has 1 atom stereocenters. The van der Waals surface area contributed by atoms with Gasteiger partial charge in [-0.2, -0.15) is 0 Å². The van der Waals surface area contributed by atoms with Crippen molar-refractivity contribution in [3.8, 4) is 0 Å². The zero-order chi connectivity index (χ0) is 15.0. The van der Waals surface area contributed by atoms with Crippen molar-refractivity contribution in [2.45, 2.75) is 52.5 Å². The second-order valence-corrected chi connectivity index (χ2v) is 5.63. The Morgan fingerprint density at radius 3 is 2.35 bits per heavy atom. The van der Waals surface area contributed by atoms with Crippen molar-refractivity contribution < 1.29 is 4.79 Å². The van der Waals surface area contributed by atoms with Gasteiger partial charge < -0.3 is 11.1 Å². The molecule has 112 valence electrons. The van der Waals surface area contributed by atoms with E-state index in [9.17, 15) is 4.79 Å². The van der Waals surface area contributed by atoms with E-state index in [0.717, 1.165) is 19.3 Å². The number of carbonyl (C=O) groups excluding carboxylic acids is 1. The Kier molecular flexibility index (Phi) is 7.31. The van der Waals surface area contributed by atoms with E-state index < -0.39 is 0 Å². The molecule has 1 aromatic rings. The van der Waals surface area contributed by atoms with Crippen LogP contribution >= 0.6 is 0 Å². The summed E-state index contributed by atoms with van der Waals surface area (Å²) in [6.45, 7) is 7.07. The van der Waals surface area contributed by atoms with Gasteiger partial charge in [-0.25, -0.2) is 0 Å². The predicted octanol–water partition coefficient (Wildman–Crippen LogP) is 3.19. The van der Waals surface area contributed by atoms with E-state index in [-0.39, 0.29) is 11.9 Å². The molecule has 0 heterocycles. The van der Waals surface area contributed by atoms with Crippen molar-refractivity contribution in [3.05, 3.63) is 35.4 Å². The van der Waals surface area contributed by atoms with Crippen LogP contribution in [-0.4, -0.2) is 12.5 Å². The predicted molar refractivity (Wildman–Crippen MR) is 84.4 cm³/mol. The number of carbonyl (C=O) groups is 1. The number of hydrogen-bond donors (Lipinski definition) is 2. The van der Waals surface area contributed by atoms with Gasteiger partial charge in [-0.1, -0.05) is 45.0 Å². The summed E-state index contributed by atoms with van der Waals surface area (Å²) in [5, 5.41) is 3.15. The van der Waals surface area contributed by atoms with E-state index >= 15 is 0 Å². The van der Waals surface area contributed by atoms with Gasteiger partial charge in [0, 0.05) is 6.42 Å². The first-order valence-electron chi connectivity index (χ1n) is 7.66. The molecular weight excluding hydrogens is 248 g/mol. The van der Waals surface area contributed by atoms with Gasteiger partial charge in [0.25, 0.3) is 0 Å². The first kappa shape index (κ1) is 16.7. The van der Waals surface area contributed by atoms with Crippen LogP contribution in [0, 0.1) is 5.92 Å². The highest BCUT2D eigenvalue weighted by Crippen LogP contribution is 2.22. The lowest BCUT2D eigenvalue weighted by Gasteiger charge is -2.23. The van der Waals surface area contributed by atoms with Crippen molar-refractivity contribution in [2.75, 3.05) is 6.54 Å². The molecule has 3 N–H and O–H groups in total. The molecule has 0 saturated heterocycles. The molecule has 0 aliphatic rings. The minimum absolute atomic E-state index is 0.0892. The Morgan fingerprint density at radius 1 is 1.20 bits per heavy atom. The van der Waals surface area contributed by atoms with E-state index in [0.29, 0.717) is 18.9 Å². The maximum Gasteiger partial charge on any atom is 0.220 e. The molecule has 0 aliphatic carbocycles. The standard InChI is InChI=1S/C17H28N2O/c1-4-14-8-10-15(11-9-14)17(13(2)3)19-16(20)7-5-6-12-18/h8-11,13,17H,4-7,12,18H2,1-3H3,(H,19,20). The largest absolute Gasteiger partial charge is 0.349 e. The van der Waals surface area contributed by atoms with Crippen LogP contribution in [-0.2, 0) is 11.2 Å². The number of unbranched alkanes of at least 4 members (excludes halogenated alkanes) is 1. The van der Waals surface area contributed by atoms with Crippen LogP contribution in [0.3, 0.4) is 0 Å². The van der Waals surface area contributed by atoms with Crippen molar-refractivity contribution in [1.29, 1.82) is 0 Å². The maximum atomic E-state index is 12.0. The number of nitrogens with one attached hydrogen (secondary N) is 1. The Bertz CT molecular complexity index is 398. The van der Waals surface area contributed by atoms with Crippen molar-refractivity contribution in [3.63, 3.8) is 0 Å². The van der Waals surface area contributed by atoms with Gasteiger partial charge in [0.2, 0.25) is 5.91 Å². The number of nitrogens with two attached hydrogens (primary N) is 1. The molecule has 3 nitrogen and oxygen atoms in total. The molecule has 0 radical (unpaired) electrons. The quantitative estimate of drug-likeness (QED) is 0.716. The second-order valence-electron chi connectivity index (χ2n) is 5.63. The van der Waals surface area contributed by atoms with Crippen LogP contribution in [0.15, 0.2) is 24.3 Å². The number of aryl methyl sites for hydroxylation is 1. The molecule has 1 aromatic carbocycles. The van der Waals surface area contributed by atoms with E-state index in [1.54, 1.807) is 0 Å². The van der Waals surface area contributed by atoms with Gasteiger partial charge in [0.05, 0.1) is 6.04 Å². The van der Waals surface area contributed by atoms with E-state index in [1.165, 1.54) is 11.1 Å². The Morgan fingerprint density at radius 2 is 1.85 bits per heavy atom. The van der Waals surface area contributed by atoms with Crippen molar-refractivity contribution in [1.82, 2.24) is 5.32 Å². The highest BCUT2D eigenvalue weighted by atomic mass is 16.1. The minimum atomic E-state index is 0.0892. The fraction of sp³-hybridized carbons (Fsp3) is 0.588. The lowest BCUT2D eigenvalue weighted by atomic mass is 9.94. The number of hydrogen-bond acceptors (Lipinski definition) is 2. The second kappa shape index (κ2) is 8.75. The lowest BCUT2D eigenvalue weighted by Crippen LogP contribution is -2.31. The van der Waals surface area contributed by atoms with E-state index in [4.69, 9.17) is 5.73 Å². The Balaban J connectivity index is 2.65. The summed E-state index contributed by atoms with van der Waals surface area (Å²) >= 11 is 0. The summed E-state index contributed by atoms with van der Waals surface area (Å²) in [5.74, 6) is 0.498. The molecule has 0 spiro atoms. The third-order valence-corrected chi connectivity index (χ3v) is 3.59. The van der Waals surface area contributed by atoms with Crippen LogP contribution < -0.4 is 11.1 Å². The van der Waals surface area contributed by atoms with Crippen LogP contribution in [0.25, 0.3) is 0 Å². The molecule has 1 unspecified atom stereocenters. The highest BCUT2D eigenvalue weighted by Gasteiger charge is 2.17. The highest BCUT2D eigenvalue weighted by molar-refractivity contribution is 5.76. The monoisotopic (exact) mass is 276 g/mol. The van der Waals surface area contributed by atoms with Crippen molar-refractivity contribution >= 4 is 5.91 Å². The van der Waals surface area contributed by atoms with Crippen LogP contribution in [0.1, 0.15) is 57.2 Å². The maximum absolute atomic E-state index is 12.0. The molecule has 0 fully saturated rings. The van der Waals surface area contributed by atoms with Crippen molar-refractivity contribution in [2.24, 2.45) is 11.7 Å². The molecule has 0 aliphatic heterocycles. The van der Waals surface area contributed by atoms with Crippen LogP contribution in [0.4, 0.5) is 0 Å². The molecular formula is C17H28N2O. The van der Waals surface area contributed by atoms with Gasteiger partial charge in [-0.15, -0.1) is 0 Å². The first-order chi connectivity index (χ1) is 9.58. The third kappa shape index (κ3) is 5.33. The average Bonchev–Trinajstić information content (AvgIpc) is 2.45. The van der Waals surface area contributed by atoms with Crippen LogP contribution in [0.2, 0.25) is 0 Å². The molecule has 0 aromatic heterocycles. The Hall–Kier alpha value is -1.35. The fourth-order valence-electron chi connectivity index (χ4n) is 2.27.